The lowest BCUT2D eigenvalue weighted by molar-refractivity contribution is 0.0179. The topological polar surface area (TPSA) is 81.6 Å². The molecule has 2 aliphatic rings. The number of benzene rings is 1. The highest BCUT2D eigenvalue weighted by atomic mass is 16.5. The fourth-order valence-electron chi connectivity index (χ4n) is 4.32. The van der Waals surface area contributed by atoms with Crippen molar-refractivity contribution in [3.05, 3.63) is 29.8 Å². The van der Waals surface area contributed by atoms with E-state index in [2.05, 4.69) is 39.5 Å². The number of guanidine groups is 1. The summed E-state index contributed by atoms with van der Waals surface area (Å²) in [6.07, 6.45) is 2.74. The Morgan fingerprint density at radius 1 is 1.16 bits per heavy atom. The predicted octanol–water partition coefficient (Wildman–Crippen LogP) is 1.47. The SMILES string of the molecule is CCNC(=NCC(c1ccc(OC)cc1)N1CCOCC1)NCCCN1CCC(O)CC1. The summed E-state index contributed by atoms with van der Waals surface area (Å²) in [5, 5.41) is 16.5. The number of hydrogen-bond donors (Lipinski definition) is 3. The van der Waals surface area contributed by atoms with E-state index in [1.807, 2.05) is 12.1 Å². The number of aliphatic imine (C=N–C) groups is 1. The zero-order valence-electron chi connectivity index (χ0n) is 19.8. The number of likely N-dealkylation sites (tertiary alicyclic amines) is 1. The Labute approximate surface area is 193 Å². The molecule has 3 N–H and O–H groups in total. The van der Waals surface area contributed by atoms with Gasteiger partial charge in [-0.3, -0.25) is 9.89 Å². The minimum atomic E-state index is -0.109. The molecule has 0 radical (unpaired) electrons. The Morgan fingerprint density at radius 2 is 1.88 bits per heavy atom. The molecule has 8 nitrogen and oxygen atoms in total. The Morgan fingerprint density at radius 3 is 2.53 bits per heavy atom. The fourth-order valence-corrected chi connectivity index (χ4v) is 4.32. The molecule has 0 aromatic heterocycles. The normalized spacial score (nSPS) is 20.2. The molecule has 2 aliphatic heterocycles. The van der Waals surface area contributed by atoms with Crippen LogP contribution in [-0.2, 0) is 4.74 Å². The first-order chi connectivity index (χ1) is 15.7. The molecule has 180 valence electrons. The van der Waals surface area contributed by atoms with E-state index in [4.69, 9.17) is 14.5 Å². The number of hydrogen-bond acceptors (Lipinski definition) is 6. The average Bonchev–Trinajstić information content (AvgIpc) is 2.84. The van der Waals surface area contributed by atoms with Crippen LogP contribution in [0.4, 0.5) is 0 Å². The van der Waals surface area contributed by atoms with E-state index >= 15 is 0 Å². The first-order valence-corrected chi connectivity index (χ1v) is 12.1. The third-order valence-corrected chi connectivity index (χ3v) is 6.25. The van der Waals surface area contributed by atoms with Gasteiger partial charge in [-0.05, 0) is 50.4 Å². The minimum Gasteiger partial charge on any atom is -0.497 e. The lowest BCUT2D eigenvalue weighted by Gasteiger charge is -2.34. The van der Waals surface area contributed by atoms with Crippen LogP contribution in [0.25, 0.3) is 0 Å². The average molecular weight is 448 g/mol. The third-order valence-electron chi connectivity index (χ3n) is 6.25. The lowest BCUT2D eigenvalue weighted by Crippen LogP contribution is -2.42. The second-order valence-electron chi connectivity index (χ2n) is 8.51. The molecule has 0 amide bonds. The molecule has 2 saturated heterocycles. The molecule has 32 heavy (non-hydrogen) atoms. The van der Waals surface area contributed by atoms with Crippen molar-refractivity contribution in [2.75, 3.05) is 72.7 Å². The van der Waals surface area contributed by atoms with Gasteiger partial charge in [0, 0.05) is 39.3 Å². The Hall–Kier alpha value is -1.87. The van der Waals surface area contributed by atoms with Crippen LogP contribution in [-0.4, -0.2) is 99.7 Å². The van der Waals surface area contributed by atoms with Crippen LogP contribution in [0.5, 0.6) is 5.75 Å². The van der Waals surface area contributed by atoms with Crippen molar-refractivity contribution in [1.29, 1.82) is 0 Å². The van der Waals surface area contributed by atoms with E-state index in [0.29, 0.717) is 6.54 Å². The molecular weight excluding hydrogens is 406 g/mol. The van der Waals surface area contributed by atoms with E-state index in [-0.39, 0.29) is 12.1 Å². The number of ether oxygens (including phenoxy) is 2. The van der Waals surface area contributed by atoms with Gasteiger partial charge in [0.05, 0.1) is 39.0 Å². The summed E-state index contributed by atoms with van der Waals surface area (Å²) < 4.78 is 10.9. The molecule has 1 aromatic rings. The molecule has 1 aromatic carbocycles. The highest BCUT2D eigenvalue weighted by molar-refractivity contribution is 5.79. The smallest absolute Gasteiger partial charge is 0.191 e. The molecule has 0 bridgehead atoms. The molecule has 0 spiro atoms. The number of methoxy groups -OCH3 is 1. The Kier molecular flexibility index (Phi) is 10.5. The molecule has 2 heterocycles. The van der Waals surface area contributed by atoms with Crippen molar-refractivity contribution in [3.8, 4) is 5.75 Å². The van der Waals surface area contributed by atoms with Gasteiger partial charge >= 0.3 is 0 Å². The first kappa shape index (κ1) is 24.8. The zero-order valence-corrected chi connectivity index (χ0v) is 19.8. The van der Waals surface area contributed by atoms with Gasteiger partial charge in [-0.1, -0.05) is 12.1 Å². The summed E-state index contributed by atoms with van der Waals surface area (Å²) in [5.41, 5.74) is 1.25. The van der Waals surface area contributed by atoms with Gasteiger partial charge in [-0.15, -0.1) is 0 Å². The molecule has 1 unspecified atom stereocenters. The Bertz CT molecular complexity index is 671. The molecular formula is C24H41N5O3. The summed E-state index contributed by atoms with van der Waals surface area (Å²) in [6, 6.07) is 8.54. The van der Waals surface area contributed by atoms with Crippen LogP contribution >= 0.6 is 0 Å². The van der Waals surface area contributed by atoms with Crippen LogP contribution in [0.3, 0.4) is 0 Å². The summed E-state index contributed by atoms with van der Waals surface area (Å²) in [5.74, 6) is 1.74. The van der Waals surface area contributed by atoms with Gasteiger partial charge in [0.25, 0.3) is 0 Å². The highest BCUT2D eigenvalue weighted by Crippen LogP contribution is 2.24. The third kappa shape index (κ3) is 7.92. The maximum absolute atomic E-state index is 9.66. The predicted molar refractivity (Wildman–Crippen MR) is 128 cm³/mol. The quantitative estimate of drug-likeness (QED) is 0.285. The van der Waals surface area contributed by atoms with Crippen molar-refractivity contribution in [3.63, 3.8) is 0 Å². The van der Waals surface area contributed by atoms with Gasteiger partial charge in [0.15, 0.2) is 5.96 Å². The maximum Gasteiger partial charge on any atom is 0.191 e. The molecule has 0 aliphatic carbocycles. The number of aliphatic hydroxyl groups is 1. The number of nitrogens with zero attached hydrogens (tertiary/aromatic N) is 3. The van der Waals surface area contributed by atoms with Gasteiger partial charge in [0.2, 0.25) is 0 Å². The van der Waals surface area contributed by atoms with Crippen molar-refractivity contribution in [2.24, 2.45) is 4.99 Å². The monoisotopic (exact) mass is 447 g/mol. The largest absolute Gasteiger partial charge is 0.497 e. The number of nitrogens with one attached hydrogen (secondary N) is 2. The van der Waals surface area contributed by atoms with Gasteiger partial charge in [0.1, 0.15) is 5.75 Å². The first-order valence-electron chi connectivity index (χ1n) is 12.1. The number of piperidine rings is 1. The molecule has 0 saturated carbocycles. The Balaban J connectivity index is 1.55. The number of aliphatic hydroxyl groups excluding tert-OH is 1. The van der Waals surface area contributed by atoms with E-state index in [9.17, 15) is 5.11 Å². The van der Waals surface area contributed by atoms with Crippen LogP contribution in [0.2, 0.25) is 0 Å². The van der Waals surface area contributed by atoms with E-state index in [0.717, 1.165) is 90.0 Å². The number of morpholine rings is 1. The highest BCUT2D eigenvalue weighted by Gasteiger charge is 2.23. The van der Waals surface area contributed by atoms with E-state index in [1.165, 1.54) is 5.56 Å². The van der Waals surface area contributed by atoms with E-state index < -0.39 is 0 Å². The summed E-state index contributed by atoms with van der Waals surface area (Å²) in [6.45, 7) is 10.9. The molecule has 3 rings (SSSR count). The van der Waals surface area contributed by atoms with Crippen LogP contribution in [0.1, 0.15) is 37.8 Å². The van der Waals surface area contributed by atoms with Crippen molar-refractivity contribution < 1.29 is 14.6 Å². The van der Waals surface area contributed by atoms with Crippen LogP contribution in [0, 0.1) is 0 Å². The van der Waals surface area contributed by atoms with Crippen molar-refractivity contribution >= 4 is 5.96 Å². The molecule has 1 atom stereocenters. The maximum atomic E-state index is 9.66. The fraction of sp³-hybridized carbons (Fsp3) is 0.708. The second-order valence-corrected chi connectivity index (χ2v) is 8.51. The van der Waals surface area contributed by atoms with Gasteiger partial charge in [-0.2, -0.15) is 0 Å². The van der Waals surface area contributed by atoms with E-state index in [1.54, 1.807) is 7.11 Å². The zero-order chi connectivity index (χ0) is 22.6. The summed E-state index contributed by atoms with van der Waals surface area (Å²) in [7, 11) is 1.70. The van der Waals surface area contributed by atoms with Gasteiger partial charge < -0.3 is 30.1 Å². The molecule has 8 heteroatoms. The van der Waals surface area contributed by atoms with Crippen LogP contribution < -0.4 is 15.4 Å². The minimum absolute atomic E-state index is 0.109. The van der Waals surface area contributed by atoms with Gasteiger partial charge in [-0.25, -0.2) is 0 Å². The molecule has 2 fully saturated rings. The van der Waals surface area contributed by atoms with Crippen molar-refractivity contribution in [2.45, 2.75) is 38.3 Å². The summed E-state index contributed by atoms with van der Waals surface area (Å²) in [4.78, 5) is 9.84. The number of rotatable bonds is 10. The summed E-state index contributed by atoms with van der Waals surface area (Å²) >= 11 is 0. The van der Waals surface area contributed by atoms with Crippen molar-refractivity contribution in [1.82, 2.24) is 20.4 Å². The standard InChI is InChI=1S/C24H41N5O3/c1-3-25-24(26-11-4-12-28-13-9-21(30)10-14-28)27-19-23(29-15-17-32-18-16-29)20-5-7-22(31-2)8-6-20/h5-8,21,23,30H,3-4,9-19H2,1-2H3,(H2,25,26,27). The second kappa shape index (κ2) is 13.6. The van der Waals surface area contributed by atoms with Crippen LogP contribution in [0.15, 0.2) is 29.3 Å². The lowest BCUT2D eigenvalue weighted by atomic mass is 10.0.